The number of ketones is 1. The monoisotopic (exact) mass is 319 g/mol. The van der Waals surface area contributed by atoms with Crippen LogP contribution in [0.4, 0.5) is 17.2 Å². The van der Waals surface area contributed by atoms with Crippen LogP contribution in [0.15, 0.2) is 72.9 Å². The van der Waals surface area contributed by atoms with E-state index in [0.717, 1.165) is 0 Å². The van der Waals surface area contributed by atoms with Gasteiger partial charge in [0.05, 0.1) is 10.6 Å². The van der Waals surface area contributed by atoms with Crippen molar-refractivity contribution in [1.82, 2.24) is 4.98 Å². The van der Waals surface area contributed by atoms with Gasteiger partial charge in [-0.2, -0.15) is 0 Å². The first kappa shape index (κ1) is 15.4. The quantitative estimate of drug-likeness (QED) is 0.437. The molecule has 6 nitrogen and oxygen atoms in total. The second-order valence-corrected chi connectivity index (χ2v) is 4.99. The Bertz CT molecular complexity index is 895. The van der Waals surface area contributed by atoms with E-state index in [9.17, 15) is 14.9 Å². The SMILES string of the molecule is O=C(c1ccccc1)c1ccccc1Nc1ncccc1[N+](=O)[O-]. The highest BCUT2D eigenvalue weighted by Gasteiger charge is 2.18. The predicted molar refractivity (Wildman–Crippen MR) is 90.5 cm³/mol. The summed E-state index contributed by atoms with van der Waals surface area (Å²) in [5, 5.41) is 14.0. The molecule has 24 heavy (non-hydrogen) atoms. The Kier molecular flexibility index (Phi) is 4.29. The number of aromatic nitrogens is 1. The first-order valence-electron chi connectivity index (χ1n) is 7.22. The van der Waals surface area contributed by atoms with Crippen LogP contribution in [0, 0.1) is 10.1 Å². The molecule has 3 aromatic rings. The first-order valence-corrected chi connectivity index (χ1v) is 7.22. The molecule has 6 heteroatoms. The number of carbonyl (C=O) groups is 1. The van der Waals surface area contributed by atoms with Crippen LogP contribution in [0.3, 0.4) is 0 Å². The van der Waals surface area contributed by atoms with Gasteiger partial charge in [0.1, 0.15) is 0 Å². The van der Waals surface area contributed by atoms with Gasteiger partial charge in [-0.1, -0.05) is 42.5 Å². The van der Waals surface area contributed by atoms with Crippen molar-refractivity contribution in [2.75, 3.05) is 5.32 Å². The zero-order chi connectivity index (χ0) is 16.9. The zero-order valence-corrected chi connectivity index (χ0v) is 12.5. The molecular formula is C18H13N3O3. The van der Waals surface area contributed by atoms with Crippen molar-refractivity contribution in [3.8, 4) is 0 Å². The van der Waals surface area contributed by atoms with Crippen LogP contribution in [-0.4, -0.2) is 15.7 Å². The summed E-state index contributed by atoms with van der Waals surface area (Å²) < 4.78 is 0. The topological polar surface area (TPSA) is 85.1 Å². The Morgan fingerprint density at radius 1 is 0.958 bits per heavy atom. The molecule has 0 amide bonds. The van der Waals surface area contributed by atoms with E-state index in [4.69, 9.17) is 0 Å². The predicted octanol–water partition coefficient (Wildman–Crippen LogP) is 3.96. The van der Waals surface area contributed by atoms with Crippen molar-refractivity contribution in [2.24, 2.45) is 0 Å². The second-order valence-electron chi connectivity index (χ2n) is 4.99. The van der Waals surface area contributed by atoms with Crippen molar-refractivity contribution < 1.29 is 9.72 Å². The van der Waals surface area contributed by atoms with Gasteiger partial charge in [0.15, 0.2) is 5.78 Å². The van der Waals surface area contributed by atoms with Gasteiger partial charge in [0.25, 0.3) is 0 Å². The average Bonchev–Trinajstić information content (AvgIpc) is 2.62. The number of pyridine rings is 1. The minimum Gasteiger partial charge on any atom is -0.334 e. The third kappa shape index (κ3) is 3.12. The summed E-state index contributed by atoms with van der Waals surface area (Å²) in [6, 6.07) is 18.6. The molecule has 0 bridgehead atoms. The van der Waals surface area contributed by atoms with E-state index in [1.165, 1.54) is 18.3 Å². The normalized spacial score (nSPS) is 10.2. The lowest BCUT2D eigenvalue weighted by Crippen LogP contribution is -2.07. The molecule has 0 saturated heterocycles. The van der Waals surface area contributed by atoms with Gasteiger partial charge in [-0.25, -0.2) is 4.98 Å². The molecule has 0 spiro atoms. The lowest BCUT2D eigenvalue weighted by Gasteiger charge is -2.11. The summed E-state index contributed by atoms with van der Waals surface area (Å²) >= 11 is 0. The van der Waals surface area contributed by atoms with E-state index in [-0.39, 0.29) is 17.3 Å². The first-order chi connectivity index (χ1) is 11.7. The van der Waals surface area contributed by atoms with E-state index in [1.807, 2.05) is 6.07 Å². The van der Waals surface area contributed by atoms with E-state index < -0.39 is 4.92 Å². The van der Waals surface area contributed by atoms with E-state index in [1.54, 1.807) is 48.5 Å². The number of hydrogen-bond donors (Lipinski definition) is 1. The van der Waals surface area contributed by atoms with Gasteiger partial charge in [0, 0.05) is 23.4 Å². The van der Waals surface area contributed by atoms with Crippen LogP contribution >= 0.6 is 0 Å². The van der Waals surface area contributed by atoms with E-state index in [0.29, 0.717) is 16.8 Å². The molecule has 0 aliphatic rings. The molecule has 0 unspecified atom stereocenters. The summed E-state index contributed by atoms with van der Waals surface area (Å²) in [7, 11) is 0. The maximum Gasteiger partial charge on any atom is 0.311 e. The maximum atomic E-state index is 12.7. The minimum atomic E-state index is -0.517. The molecule has 118 valence electrons. The molecule has 0 aliphatic carbocycles. The molecule has 0 aliphatic heterocycles. The van der Waals surface area contributed by atoms with Crippen molar-refractivity contribution >= 4 is 23.0 Å². The van der Waals surface area contributed by atoms with Gasteiger partial charge in [-0.05, 0) is 18.2 Å². The molecule has 2 aromatic carbocycles. The summed E-state index contributed by atoms with van der Waals surface area (Å²) in [6.07, 6.45) is 1.46. The van der Waals surface area contributed by atoms with E-state index >= 15 is 0 Å². The Balaban J connectivity index is 1.99. The fraction of sp³-hybridized carbons (Fsp3) is 0. The maximum absolute atomic E-state index is 12.7. The van der Waals surface area contributed by atoms with Gasteiger partial charge < -0.3 is 5.32 Å². The summed E-state index contributed by atoms with van der Waals surface area (Å²) in [5.41, 5.74) is 1.28. The Labute approximate surface area is 137 Å². The van der Waals surface area contributed by atoms with Crippen LogP contribution in [0.5, 0.6) is 0 Å². The number of benzene rings is 2. The molecule has 0 atom stereocenters. The Hall–Kier alpha value is -3.54. The molecule has 0 radical (unpaired) electrons. The fourth-order valence-electron chi connectivity index (χ4n) is 2.30. The number of hydrogen-bond acceptors (Lipinski definition) is 5. The van der Waals surface area contributed by atoms with Crippen LogP contribution < -0.4 is 5.32 Å². The largest absolute Gasteiger partial charge is 0.334 e. The van der Waals surface area contributed by atoms with Crippen molar-refractivity contribution in [1.29, 1.82) is 0 Å². The highest BCUT2D eigenvalue weighted by molar-refractivity contribution is 6.12. The second kappa shape index (κ2) is 6.70. The van der Waals surface area contributed by atoms with Gasteiger partial charge in [0.2, 0.25) is 5.82 Å². The molecule has 1 N–H and O–H groups in total. The molecule has 1 heterocycles. The van der Waals surface area contributed by atoms with Gasteiger partial charge in [-0.15, -0.1) is 0 Å². The fourth-order valence-corrected chi connectivity index (χ4v) is 2.30. The van der Waals surface area contributed by atoms with Crippen LogP contribution in [0.1, 0.15) is 15.9 Å². The minimum absolute atomic E-state index is 0.0933. The van der Waals surface area contributed by atoms with Crippen LogP contribution in [-0.2, 0) is 0 Å². The number of anilines is 2. The van der Waals surface area contributed by atoms with Crippen LogP contribution in [0.25, 0.3) is 0 Å². The highest BCUT2D eigenvalue weighted by atomic mass is 16.6. The van der Waals surface area contributed by atoms with Crippen molar-refractivity contribution in [2.45, 2.75) is 0 Å². The number of nitro groups is 1. The summed E-state index contributed by atoms with van der Waals surface area (Å²) in [5.74, 6) is -0.0758. The molecule has 3 rings (SSSR count). The van der Waals surface area contributed by atoms with Gasteiger partial charge >= 0.3 is 5.69 Å². The number of nitrogens with zero attached hydrogens (tertiary/aromatic N) is 2. The lowest BCUT2D eigenvalue weighted by atomic mass is 10.0. The van der Waals surface area contributed by atoms with Crippen LogP contribution in [0.2, 0.25) is 0 Å². The van der Waals surface area contributed by atoms with E-state index in [2.05, 4.69) is 10.3 Å². The third-order valence-corrected chi connectivity index (χ3v) is 3.44. The number of nitrogens with one attached hydrogen (secondary N) is 1. The van der Waals surface area contributed by atoms with Crippen molar-refractivity contribution in [3.05, 3.63) is 94.2 Å². The van der Waals surface area contributed by atoms with Crippen molar-refractivity contribution in [3.63, 3.8) is 0 Å². The van der Waals surface area contributed by atoms with Gasteiger partial charge in [-0.3, -0.25) is 14.9 Å². The molecule has 0 fully saturated rings. The average molecular weight is 319 g/mol. The molecular weight excluding hydrogens is 306 g/mol. The standard InChI is InChI=1S/C18H13N3O3/c22-17(13-7-2-1-3-8-13)14-9-4-5-10-15(14)20-18-16(21(23)24)11-6-12-19-18/h1-12H,(H,19,20). The lowest BCUT2D eigenvalue weighted by molar-refractivity contribution is -0.384. The summed E-state index contributed by atoms with van der Waals surface area (Å²) in [6.45, 7) is 0. The summed E-state index contributed by atoms with van der Waals surface area (Å²) in [4.78, 5) is 27.3. The Morgan fingerprint density at radius 3 is 2.42 bits per heavy atom. The smallest absolute Gasteiger partial charge is 0.311 e. The molecule has 0 saturated carbocycles. The Morgan fingerprint density at radius 2 is 1.67 bits per heavy atom. The number of rotatable bonds is 5. The zero-order valence-electron chi connectivity index (χ0n) is 12.5. The third-order valence-electron chi connectivity index (χ3n) is 3.44. The number of carbonyl (C=O) groups excluding carboxylic acids is 1. The number of para-hydroxylation sites is 1. The highest BCUT2D eigenvalue weighted by Crippen LogP contribution is 2.27. The molecule has 1 aromatic heterocycles.